The van der Waals surface area contributed by atoms with Gasteiger partial charge < -0.3 is 9.32 Å². The second-order valence-corrected chi connectivity index (χ2v) is 16.4. The van der Waals surface area contributed by atoms with Crippen molar-refractivity contribution in [3.05, 3.63) is 249 Å². The quantitative estimate of drug-likeness (QED) is 0.152. The van der Waals surface area contributed by atoms with Gasteiger partial charge in [-0.25, -0.2) is 0 Å². The van der Waals surface area contributed by atoms with E-state index in [-0.39, 0.29) is 0 Å². The first kappa shape index (κ1) is 37.3. The standard InChI is InChI=1S/C62H41NO/c1-3-15-43(16-4-1)55-37-34-47(41-59(55)45-17-5-2-6-18-45)42-31-35-50(36-32-42)63(51-24-11-22-48(39-51)54-28-13-21-44-19-7-9-26-53(44)54)52-25-12-23-49(40-52)56-29-14-30-60-61(56)58-38-33-46-20-8-10-27-57(46)62(58)64-60/h1-41H. The normalized spacial score (nSPS) is 11.4. The molecule has 12 aromatic rings. The maximum Gasteiger partial charge on any atom is 0.143 e. The zero-order valence-electron chi connectivity index (χ0n) is 35.0. The number of furan rings is 1. The monoisotopic (exact) mass is 815 g/mol. The molecule has 11 aromatic carbocycles. The highest BCUT2D eigenvalue weighted by atomic mass is 16.3. The first-order valence-electron chi connectivity index (χ1n) is 21.9. The highest BCUT2D eigenvalue weighted by Gasteiger charge is 2.19. The van der Waals surface area contributed by atoms with Crippen molar-refractivity contribution < 1.29 is 4.42 Å². The van der Waals surface area contributed by atoms with Crippen molar-refractivity contribution in [2.24, 2.45) is 0 Å². The molecule has 1 aromatic heterocycles. The van der Waals surface area contributed by atoms with Crippen molar-refractivity contribution in [3.8, 4) is 55.6 Å². The van der Waals surface area contributed by atoms with Crippen LogP contribution in [0.1, 0.15) is 0 Å². The van der Waals surface area contributed by atoms with Gasteiger partial charge in [-0.3, -0.25) is 0 Å². The summed E-state index contributed by atoms with van der Waals surface area (Å²) in [6, 6.07) is 89.6. The molecule has 1 heterocycles. The Morgan fingerprint density at radius 1 is 0.266 bits per heavy atom. The highest BCUT2D eigenvalue weighted by Crippen LogP contribution is 2.44. The summed E-state index contributed by atoms with van der Waals surface area (Å²) in [5.74, 6) is 0. The summed E-state index contributed by atoms with van der Waals surface area (Å²) in [5, 5.41) is 7.01. The molecule has 0 saturated carbocycles. The Labute approximate surface area is 372 Å². The third-order valence-electron chi connectivity index (χ3n) is 12.7. The van der Waals surface area contributed by atoms with E-state index >= 15 is 0 Å². The molecule has 0 fully saturated rings. The second kappa shape index (κ2) is 15.8. The maximum absolute atomic E-state index is 6.63. The van der Waals surface area contributed by atoms with E-state index in [2.05, 4.69) is 254 Å². The first-order chi connectivity index (χ1) is 31.7. The van der Waals surface area contributed by atoms with Crippen molar-refractivity contribution in [2.75, 3.05) is 4.90 Å². The lowest BCUT2D eigenvalue weighted by Gasteiger charge is -2.27. The fourth-order valence-corrected chi connectivity index (χ4v) is 9.60. The summed E-state index contributed by atoms with van der Waals surface area (Å²) >= 11 is 0. The number of fused-ring (bicyclic) bond motifs is 6. The predicted molar refractivity (Wildman–Crippen MR) is 271 cm³/mol. The van der Waals surface area contributed by atoms with Crippen molar-refractivity contribution >= 4 is 60.5 Å². The lowest BCUT2D eigenvalue weighted by molar-refractivity contribution is 0.673. The van der Waals surface area contributed by atoms with Gasteiger partial charge >= 0.3 is 0 Å². The highest BCUT2D eigenvalue weighted by molar-refractivity contribution is 6.19. The van der Waals surface area contributed by atoms with E-state index in [1.54, 1.807) is 0 Å². The molecule has 0 aliphatic carbocycles. The lowest BCUT2D eigenvalue weighted by Crippen LogP contribution is -2.10. The lowest BCUT2D eigenvalue weighted by atomic mass is 9.91. The number of rotatable bonds is 8. The third-order valence-corrected chi connectivity index (χ3v) is 12.7. The van der Waals surface area contributed by atoms with Crippen LogP contribution >= 0.6 is 0 Å². The summed E-state index contributed by atoms with van der Waals surface area (Å²) in [6.45, 7) is 0. The van der Waals surface area contributed by atoms with Gasteiger partial charge in [-0.2, -0.15) is 0 Å². The molecule has 0 bridgehead atoms. The molecule has 0 saturated heterocycles. The molecule has 12 rings (SSSR count). The van der Waals surface area contributed by atoms with Gasteiger partial charge in [0.15, 0.2) is 0 Å². The molecule has 2 nitrogen and oxygen atoms in total. The van der Waals surface area contributed by atoms with Gasteiger partial charge in [0.1, 0.15) is 11.2 Å². The van der Waals surface area contributed by atoms with Crippen LogP contribution in [0.4, 0.5) is 17.1 Å². The van der Waals surface area contributed by atoms with Crippen LogP contribution in [0, 0.1) is 0 Å². The Bertz CT molecular complexity index is 3660. The van der Waals surface area contributed by atoms with Crippen LogP contribution in [-0.4, -0.2) is 0 Å². The van der Waals surface area contributed by atoms with Gasteiger partial charge in [0, 0.05) is 33.2 Å². The van der Waals surface area contributed by atoms with E-state index in [0.29, 0.717) is 0 Å². The Morgan fingerprint density at radius 2 is 0.812 bits per heavy atom. The van der Waals surface area contributed by atoms with Crippen LogP contribution < -0.4 is 4.90 Å². The van der Waals surface area contributed by atoms with E-state index in [1.165, 1.54) is 55.1 Å². The van der Waals surface area contributed by atoms with Crippen molar-refractivity contribution in [3.63, 3.8) is 0 Å². The predicted octanol–water partition coefficient (Wildman–Crippen LogP) is 17.7. The topological polar surface area (TPSA) is 16.4 Å². The molecule has 2 heteroatoms. The summed E-state index contributed by atoms with van der Waals surface area (Å²) in [6.07, 6.45) is 0. The van der Waals surface area contributed by atoms with Crippen LogP contribution in [0.25, 0.3) is 99.1 Å². The van der Waals surface area contributed by atoms with Gasteiger partial charge in [0.05, 0.1) is 0 Å². The molecule has 0 aliphatic rings. The van der Waals surface area contributed by atoms with Gasteiger partial charge in [0.25, 0.3) is 0 Å². The van der Waals surface area contributed by atoms with Crippen LogP contribution in [0.3, 0.4) is 0 Å². The number of anilines is 3. The molecule has 0 aliphatic heterocycles. The zero-order valence-corrected chi connectivity index (χ0v) is 35.0. The minimum atomic E-state index is 0.886. The Kier molecular flexibility index (Phi) is 9.20. The molecule has 300 valence electrons. The first-order valence-corrected chi connectivity index (χ1v) is 21.9. The fourth-order valence-electron chi connectivity index (χ4n) is 9.60. The summed E-state index contributed by atoms with van der Waals surface area (Å²) < 4.78 is 6.63. The molecule has 0 N–H and O–H groups in total. The molecule has 0 unspecified atom stereocenters. The van der Waals surface area contributed by atoms with Gasteiger partial charge in [0.2, 0.25) is 0 Å². The Morgan fingerprint density at radius 3 is 1.55 bits per heavy atom. The smallest absolute Gasteiger partial charge is 0.143 e. The third kappa shape index (κ3) is 6.61. The minimum Gasteiger partial charge on any atom is -0.455 e. The van der Waals surface area contributed by atoms with Crippen molar-refractivity contribution in [1.82, 2.24) is 0 Å². The maximum atomic E-state index is 6.63. The molecule has 0 atom stereocenters. The minimum absolute atomic E-state index is 0.886. The number of hydrogen-bond donors (Lipinski definition) is 0. The summed E-state index contributed by atoms with van der Waals surface area (Å²) in [4.78, 5) is 2.39. The Hall–Kier alpha value is -8.46. The zero-order chi connectivity index (χ0) is 42.4. The second-order valence-electron chi connectivity index (χ2n) is 16.4. The SMILES string of the molecule is c1ccc(-c2ccc(-c3ccc(N(c4cccc(-c5cccc6ccccc56)c4)c4cccc(-c5cccc6oc7c8ccccc8ccc7c56)c4)cc3)cc2-c2ccccc2)cc1. The molecule has 0 radical (unpaired) electrons. The van der Waals surface area contributed by atoms with Crippen LogP contribution in [-0.2, 0) is 0 Å². The largest absolute Gasteiger partial charge is 0.455 e. The number of benzene rings is 11. The summed E-state index contributed by atoms with van der Waals surface area (Å²) in [7, 11) is 0. The van der Waals surface area contributed by atoms with E-state index in [4.69, 9.17) is 4.42 Å². The fraction of sp³-hybridized carbons (Fsp3) is 0. The molecular weight excluding hydrogens is 775 g/mol. The average Bonchev–Trinajstić information content (AvgIpc) is 3.77. The van der Waals surface area contributed by atoms with E-state index in [9.17, 15) is 0 Å². The number of hydrogen-bond acceptors (Lipinski definition) is 2. The van der Waals surface area contributed by atoms with Gasteiger partial charge in [-0.1, -0.05) is 194 Å². The number of nitrogens with zero attached hydrogens (tertiary/aromatic N) is 1. The van der Waals surface area contributed by atoms with Gasteiger partial charge in [-0.05, 0) is 126 Å². The average molecular weight is 816 g/mol. The molecule has 0 amide bonds. The van der Waals surface area contributed by atoms with Crippen molar-refractivity contribution in [1.29, 1.82) is 0 Å². The molecule has 0 spiro atoms. The van der Waals surface area contributed by atoms with E-state index in [0.717, 1.165) is 61.1 Å². The van der Waals surface area contributed by atoms with E-state index in [1.807, 2.05) is 0 Å². The van der Waals surface area contributed by atoms with Crippen LogP contribution in [0.15, 0.2) is 253 Å². The molecule has 64 heavy (non-hydrogen) atoms. The van der Waals surface area contributed by atoms with Gasteiger partial charge in [-0.15, -0.1) is 0 Å². The summed E-state index contributed by atoms with van der Waals surface area (Å²) in [5.41, 5.74) is 16.8. The van der Waals surface area contributed by atoms with Crippen LogP contribution in [0.2, 0.25) is 0 Å². The molecular formula is C62H41NO. The van der Waals surface area contributed by atoms with Crippen molar-refractivity contribution in [2.45, 2.75) is 0 Å². The van der Waals surface area contributed by atoms with E-state index < -0.39 is 0 Å². The van der Waals surface area contributed by atoms with Crippen LogP contribution in [0.5, 0.6) is 0 Å². The Balaban J connectivity index is 0.996.